The van der Waals surface area contributed by atoms with Crippen LogP contribution in [-0.2, 0) is 13.2 Å². The van der Waals surface area contributed by atoms with Gasteiger partial charge in [0.1, 0.15) is 29.0 Å². The fraction of sp³-hybridized carbons (Fsp3) is 0.105. The first-order chi connectivity index (χ1) is 13.3. The number of carbonyl (C=O) groups excluding carboxylic acids is 1. The topological polar surface area (TPSA) is 87.2 Å². The molecule has 0 radical (unpaired) electrons. The van der Waals surface area contributed by atoms with Crippen molar-refractivity contribution >= 4 is 21.8 Å². The van der Waals surface area contributed by atoms with Gasteiger partial charge in [-0.15, -0.1) is 0 Å². The zero-order valence-electron chi connectivity index (χ0n) is 14.4. The van der Waals surface area contributed by atoms with Crippen LogP contribution in [0.5, 0.6) is 5.88 Å². The summed E-state index contributed by atoms with van der Waals surface area (Å²) < 4.78 is 33.4. The second-order valence-corrected chi connectivity index (χ2v) is 6.68. The summed E-state index contributed by atoms with van der Waals surface area (Å²) >= 11 is 3.14. The van der Waals surface area contributed by atoms with Gasteiger partial charge in [-0.05, 0) is 45.8 Å². The molecule has 0 saturated carbocycles. The Bertz CT molecular complexity index is 1080. The van der Waals surface area contributed by atoms with Crippen LogP contribution in [-0.4, -0.2) is 15.5 Å². The van der Waals surface area contributed by atoms with E-state index in [1.165, 1.54) is 17.0 Å². The molecule has 0 aliphatic heterocycles. The van der Waals surface area contributed by atoms with Crippen LogP contribution < -0.4 is 16.0 Å². The van der Waals surface area contributed by atoms with E-state index in [1.54, 1.807) is 24.3 Å². The molecule has 0 atom stereocenters. The first kappa shape index (κ1) is 19.7. The first-order valence-electron chi connectivity index (χ1n) is 8.05. The molecule has 2 N–H and O–H groups in total. The fourth-order valence-corrected chi connectivity index (χ4v) is 2.86. The predicted molar refractivity (Wildman–Crippen MR) is 101 cm³/mol. The number of amides is 1. The van der Waals surface area contributed by atoms with Crippen molar-refractivity contribution in [2.24, 2.45) is 5.73 Å². The van der Waals surface area contributed by atoms with Crippen molar-refractivity contribution in [3.63, 3.8) is 0 Å². The lowest BCUT2D eigenvalue weighted by atomic mass is 10.1. The zero-order chi connectivity index (χ0) is 20.3. The highest BCUT2D eigenvalue weighted by atomic mass is 79.9. The van der Waals surface area contributed by atoms with Gasteiger partial charge in [-0.25, -0.2) is 13.8 Å². The van der Waals surface area contributed by atoms with Crippen LogP contribution in [0.15, 0.2) is 58.1 Å². The third-order valence-corrected chi connectivity index (χ3v) is 4.60. The number of halogens is 3. The van der Waals surface area contributed by atoms with Crippen LogP contribution in [0, 0.1) is 11.6 Å². The second-order valence-electron chi connectivity index (χ2n) is 5.88. The summed E-state index contributed by atoms with van der Waals surface area (Å²) in [7, 11) is 0. The second kappa shape index (κ2) is 8.30. The molecular weight excluding hydrogens is 436 g/mol. The molecule has 1 heterocycles. The Balaban J connectivity index is 1.75. The molecule has 3 aromatic rings. The Labute approximate surface area is 166 Å². The molecule has 6 nitrogen and oxygen atoms in total. The molecule has 1 aromatic heterocycles. The predicted octanol–water partition coefficient (Wildman–Crippen LogP) is 3.01. The highest BCUT2D eigenvalue weighted by molar-refractivity contribution is 9.10. The smallest absolute Gasteiger partial charge is 0.271 e. The molecule has 28 heavy (non-hydrogen) atoms. The number of benzene rings is 2. The van der Waals surface area contributed by atoms with Crippen LogP contribution in [0.1, 0.15) is 21.5 Å². The minimum Gasteiger partial charge on any atom is -0.472 e. The van der Waals surface area contributed by atoms with Crippen molar-refractivity contribution in [2.75, 3.05) is 0 Å². The van der Waals surface area contributed by atoms with Crippen molar-refractivity contribution in [2.45, 2.75) is 13.2 Å². The molecule has 0 spiro atoms. The summed E-state index contributed by atoms with van der Waals surface area (Å²) in [4.78, 5) is 27.7. The molecule has 0 saturated heterocycles. The fourth-order valence-electron chi connectivity index (χ4n) is 2.42. The SMILES string of the molecule is NC(=O)c1ccc(Cn2cnc(OCc3ccc(F)cc3F)c(Br)c2=O)cc1. The zero-order valence-corrected chi connectivity index (χ0v) is 15.9. The number of carbonyl (C=O) groups is 1. The van der Waals surface area contributed by atoms with E-state index >= 15 is 0 Å². The molecule has 9 heteroatoms. The number of primary amides is 1. The van der Waals surface area contributed by atoms with E-state index in [1.807, 2.05) is 0 Å². The van der Waals surface area contributed by atoms with Gasteiger partial charge in [-0.2, -0.15) is 0 Å². The van der Waals surface area contributed by atoms with E-state index in [2.05, 4.69) is 20.9 Å². The van der Waals surface area contributed by atoms with E-state index in [0.717, 1.165) is 17.7 Å². The summed E-state index contributed by atoms with van der Waals surface area (Å²) in [6.45, 7) is 0.00604. The Morgan fingerprint density at radius 1 is 1.18 bits per heavy atom. The molecule has 0 bridgehead atoms. The third kappa shape index (κ3) is 4.42. The van der Waals surface area contributed by atoms with Gasteiger partial charge in [-0.3, -0.25) is 14.2 Å². The summed E-state index contributed by atoms with van der Waals surface area (Å²) in [5.41, 5.74) is 6.07. The lowest BCUT2D eigenvalue weighted by molar-refractivity contribution is 0.100. The number of nitrogens with zero attached hydrogens (tertiary/aromatic N) is 2. The summed E-state index contributed by atoms with van der Waals surface area (Å²) in [5, 5.41) is 0. The Kier molecular flexibility index (Phi) is 5.84. The number of hydrogen-bond donors (Lipinski definition) is 1. The summed E-state index contributed by atoms with van der Waals surface area (Å²) in [5.74, 6) is -1.97. The van der Waals surface area contributed by atoms with E-state index < -0.39 is 23.1 Å². The maximum absolute atomic E-state index is 13.7. The van der Waals surface area contributed by atoms with Gasteiger partial charge in [0.05, 0.1) is 6.54 Å². The van der Waals surface area contributed by atoms with Gasteiger partial charge in [0, 0.05) is 17.2 Å². The van der Waals surface area contributed by atoms with Crippen LogP contribution >= 0.6 is 15.9 Å². The molecule has 144 valence electrons. The third-order valence-electron chi connectivity index (χ3n) is 3.92. The van der Waals surface area contributed by atoms with E-state index in [9.17, 15) is 18.4 Å². The Morgan fingerprint density at radius 3 is 2.54 bits per heavy atom. The number of rotatable bonds is 6. The Hall–Kier alpha value is -3.07. The Morgan fingerprint density at radius 2 is 1.89 bits per heavy atom. The monoisotopic (exact) mass is 449 g/mol. The lowest BCUT2D eigenvalue weighted by Crippen LogP contribution is -2.22. The van der Waals surface area contributed by atoms with Gasteiger partial charge < -0.3 is 10.5 Å². The van der Waals surface area contributed by atoms with Crippen molar-refractivity contribution in [1.29, 1.82) is 0 Å². The molecule has 3 rings (SSSR count). The molecule has 2 aromatic carbocycles. The van der Waals surface area contributed by atoms with Gasteiger partial charge in [0.25, 0.3) is 5.56 Å². The van der Waals surface area contributed by atoms with Crippen LogP contribution in [0.3, 0.4) is 0 Å². The van der Waals surface area contributed by atoms with Gasteiger partial charge in [0.2, 0.25) is 11.8 Å². The van der Waals surface area contributed by atoms with Crippen molar-refractivity contribution in [3.05, 3.63) is 91.9 Å². The molecule has 0 aliphatic carbocycles. The van der Waals surface area contributed by atoms with Gasteiger partial charge in [-0.1, -0.05) is 12.1 Å². The van der Waals surface area contributed by atoms with E-state index in [4.69, 9.17) is 10.5 Å². The van der Waals surface area contributed by atoms with Gasteiger partial charge >= 0.3 is 0 Å². The van der Waals surface area contributed by atoms with Crippen molar-refractivity contribution < 1.29 is 18.3 Å². The first-order valence-corrected chi connectivity index (χ1v) is 8.85. The highest BCUT2D eigenvalue weighted by Crippen LogP contribution is 2.20. The maximum Gasteiger partial charge on any atom is 0.271 e. The highest BCUT2D eigenvalue weighted by Gasteiger charge is 2.13. The van der Waals surface area contributed by atoms with E-state index in [0.29, 0.717) is 5.56 Å². The molecule has 1 amide bonds. The van der Waals surface area contributed by atoms with Crippen LogP contribution in [0.25, 0.3) is 0 Å². The minimum absolute atomic E-state index is 0.00551. The van der Waals surface area contributed by atoms with Crippen LogP contribution in [0.4, 0.5) is 8.78 Å². The van der Waals surface area contributed by atoms with Gasteiger partial charge in [0.15, 0.2) is 0 Å². The average molecular weight is 450 g/mol. The molecule has 0 fully saturated rings. The molecule has 0 aliphatic rings. The molecular formula is C19H14BrF2N3O3. The number of hydrogen-bond acceptors (Lipinski definition) is 4. The number of ether oxygens (including phenoxy) is 1. The molecule has 0 unspecified atom stereocenters. The maximum atomic E-state index is 13.7. The van der Waals surface area contributed by atoms with Crippen molar-refractivity contribution in [3.8, 4) is 5.88 Å². The summed E-state index contributed by atoms with van der Waals surface area (Å²) in [6, 6.07) is 9.63. The normalized spacial score (nSPS) is 10.7. The lowest BCUT2D eigenvalue weighted by Gasteiger charge is -2.11. The largest absolute Gasteiger partial charge is 0.472 e. The number of nitrogens with two attached hydrogens (primary N) is 1. The van der Waals surface area contributed by atoms with E-state index in [-0.39, 0.29) is 29.1 Å². The standard InChI is InChI=1S/C19H14BrF2N3O3/c20-16-18(28-9-13-5-6-14(21)7-15(13)22)24-10-25(19(16)27)8-11-1-3-12(4-2-11)17(23)26/h1-7,10H,8-9H2,(H2,23,26). The average Bonchev–Trinajstić information content (AvgIpc) is 2.66. The quantitative estimate of drug-likeness (QED) is 0.626. The minimum atomic E-state index is -0.746. The van der Waals surface area contributed by atoms with Crippen LogP contribution in [0.2, 0.25) is 0 Å². The number of aromatic nitrogens is 2. The van der Waals surface area contributed by atoms with Crippen molar-refractivity contribution in [1.82, 2.24) is 9.55 Å². The summed E-state index contributed by atoms with van der Waals surface area (Å²) in [6.07, 6.45) is 1.30.